The Morgan fingerprint density at radius 2 is 2.12 bits per heavy atom. The summed E-state index contributed by atoms with van der Waals surface area (Å²) < 4.78 is 0. The van der Waals surface area contributed by atoms with Crippen LogP contribution in [0.1, 0.15) is 37.0 Å². The molecule has 1 aromatic carbocycles. The highest BCUT2D eigenvalue weighted by Gasteiger charge is 2.35. The van der Waals surface area contributed by atoms with Crippen molar-refractivity contribution in [3.05, 3.63) is 29.8 Å². The van der Waals surface area contributed by atoms with Crippen LogP contribution in [0, 0.1) is 0 Å². The Balaban J connectivity index is 0.00000144. The number of hydrogen-bond donors (Lipinski definition) is 1. The molecule has 2 rings (SSSR count). The molecular formula is C13H19ClN2O. The number of likely N-dealkylation sites (tertiary alicyclic amines) is 1. The lowest BCUT2D eigenvalue weighted by molar-refractivity contribution is 0.0652. The molecule has 17 heavy (non-hydrogen) atoms. The number of nitrogens with zero attached hydrogens (tertiary/aromatic N) is 1. The number of amides is 1. The predicted molar refractivity (Wildman–Crippen MR) is 72.5 cm³/mol. The van der Waals surface area contributed by atoms with Gasteiger partial charge >= 0.3 is 0 Å². The molecule has 4 heteroatoms. The maximum atomic E-state index is 12.3. The van der Waals surface area contributed by atoms with E-state index in [0.717, 1.165) is 19.4 Å². The minimum Gasteiger partial charge on any atom is -0.399 e. The SMILES string of the molecule is CC1(C)CCCN1C(=O)c1cccc(N)c1.Cl. The van der Waals surface area contributed by atoms with Crippen LogP contribution >= 0.6 is 12.4 Å². The molecule has 1 heterocycles. The van der Waals surface area contributed by atoms with Crippen LogP contribution in [0.5, 0.6) is 0 Å². The van der Waals surface area contributed by atoms with Gasteiger partial charge in [-0.25, -0.2) is 0 Å². The fraction of sp³-hybridized carbons (Fsp3) is 0.462. The van der Waals surface area contributed by atoms with Crippen molar-refractivity contribution in [2.45, 2.75) is 32.2 Å². The van der Waals surface area contributed by atoms with Crippen molar-refractivity contribution in [1.82, 2.24) is 4.90 Å². The van der Waals surface area contributed by atoms with Crippen LogP contribution in [-0.2, 0) is 0 Å². The molecule has 0 unspecified atom stereocenters. The standard InChI is InChI=1S/C13H18N2O.ClH/c1-13(2)7-4-8-15(13)12(16)10-5-3-6-11(14)9-10;/h3,5-6,9H,4,7-8,14H2,1-2H3;1H. The Bertz CT molecular complexity index is 418. The van der Waals surface area contributed by atoms with Crippen molar-refractivity contribution in [3.63, 3.8) is 0 Å². The molecule has 0 bridgehead atoms. The third-order valence-corrected chi connectivity index (χ3v) is 3.28. The second-order valence-corrected chi connectivity index (χ2v) is 5.00. The molecule has 94 valence electrons. The lowest BCUT2D eigenvalue weighted by Crippen LogP contribution is -2.42. The number of nitrogens with two attached hydrogens (primary N) is 1. The van der Waals surface area contributed by atoms with Crippen LogP contribution in [0.4, 0.5) is 5.69 Å². The van der Waals surface area contributed by atoms with E-state index >= 15 is 0 Å². The van der Waals surface area contributed by atoms with E-state index in [2.05, 4.69) is 13.8 Å². The summed E-state index contributed by atoms with van der Waals surface area (Å²) in [7, 11) is 0. The first-order valence-electron chi connectivity index (χ1n) is 5.68. The fourth-order valence-corrected chi connectivity index (χ4v) is 2.31. The summed E-state index contributed by atoms with van der Waals surface area (Å²) in [6, 6.07) is 7.20. The Labute approximate surface area is 108 Å². The van der Waals surface area contributed by atoms with Gasteiger partial charge in [0.15, 0.2) is 0 Å². The van der Waals surface area contributed by atoms with Gasteiger partial charge in [-0.1, -0.05) is 6.07 Å². The van der Waals surface area contributed by atoms with Crippen molar-refractivity contribution in [3.8, 4) is 0 Å². The first-order chi connectivity index (χ1) is 7.50. The van der Waals surface area contributed by atoms with Crippen molar-refractivity contribution in [1.29, 1.82) is 0 Å². The zero-order valence-corrected chi connectivity index (χ0v) is 11.1. The van der Waals surface area contributed by atoms with Crippen molar-refractivity contribution in [2.24, 2.45) is 0 Å². The van der Waals surface area contributed by atoms with Crippen LogP contribution in [-0.4, -0.2) is 22.9 Å². The van der Waals surface area contributed by atoms with Gasteiger partial charge in [0.1, 0.15) is 0 Å². The summed E-state index contributed by atoms with van der Waals surface area (Å²) in [5, 5.41) is 0. The second-order valence-electron chi connectivity index (χ2n) is 5.00. The molecule has 0 saturated carbocycles. The van der Waals surface area contributed by atoms with Crippen LogP contribution in [0.25, 0.3) is 0 Å². The van der Waals surface area contributed by atoms with Gasteiger partial charge in [0, 0.05) is 23.3 Å². The Hall–Kier alpha value is -1.22. The van der Waals surface area contributed by atoms with Gasteiger partial charge < -0.3 is 10.6 Å². The number of halogens is 1. The molecule has 1 saturated heterocycles. The number of hydrogen-bond acceptors (Lipinski definition) is 2. The maximum absolute atomic E-state index is 12.3. The topological polar surface area (TPSA) is 46.3 Å². The summed E-state index contributed by atoms with van der Waals surface area (Å²) >= 11 is 0. The largest absolute Gasteiger partial charge is 0.399 e. The Kier molecular flexibility index (Phi) is 4.04. The third-order valence-electron chi connectivity index (χ3n) is 3.28. The van der Waals surface area contributed by atoms with E-state index in [-0.39, 0.29) is 23.9 Å². The van der Waals surface area contributed by atoms with E-state index in [4.69, 9.17) is 5.73 Å². The normalized spacial score (nSPS) is 17.6. The van der Waals surface area contributed by atoms with Crippen LogP contribution in [0.15, 0.2) is 24.3 Å². The number of anilines is 1. The zero-order valence-electron chi connectivity index (χ0n) is 10.3. The average Bonchev–Trinajstić information content (AvgIpc) is 2.57. The Morgan fingerprint density at radius 3 is 2.65 bits per heavy atom. The average molecular weight is 255 g/mol. The number of carbonyl (C=O) groups is 1. The fourth-order valence-electron chi connectivity index (χ4n) is 2.31. The van der Waals surface area contributed by atoms with E-state index < -0.39 is 0 Å². The van der Waals surface area contributed by atoms with Crippen LogP contribution in [0.2, 0.25) is 0 Å². The minimum atomic E-state index is -0.0261. The Morgan fingerprint density at radius 1 is 1.41 bits per heavy atom. The van der Waals surface area contributed by atoms with E-state index in [1.54, 1.807) is 12.1 Å². The lowest BCUT2D eigenvalue weighted by atomic mass is 10.0. The van der Waals surface area contributed by atoms with Gasteiger partial charge in [0.25, 0.3) is 5.91 Å². The van der Waals surface area contributed by atoms with Crippen LogP contribution < -0.4 is 5.73 Å². The van der Waals surface area contributed by atoms with Gasteiger partial charge in [-0.2, -0.15) is 0 Å². The van der Waals surface area contributed by atoms with E-state index in [1.807, 2.05) is 17.0 Å². The molecule has 1 aromatic rings. The first-order valence-corrected chi connectivity index (χ1v) is 5.68. The predicted octanol–water partition coefficient (Wildman–Crippen LogP) is 2.71. The molecule has 0 radical (unpaired) electrons. The molecule has 0 spiro atoms. The summed E-state index contributed by atoms with van der Waals surface area (Å²) in [5.41, 5.74) is 7.00. The molecule has 0 aliphatic carbocycles. The van der Waals surface area contributed by atoms with E-state index in [9.17, 15) is 4.79 Å². The molecule has 0 atom stereocenters. The van der Waals surface area contributed by atoms with Gasteiger partial charge in [-0.15, -0.1) is 12.4 Å². The highest BCUT2D eigenvalue weighted by atomic mass is 35.5. The van der Waals surface area contributed by atoms with Crippen LogP contribution in [0.3, 0.4) is 0 Å². The lowest BCUT2D eigenvalue weighted by Gasteiger charge is -2.31. The number of rotatable bonds is 1. The van der Waals surface area contributed by atoms with Gasteiger partial charge in [-0.3, -0.25) is 4.79 Å². The molecule has 3 nitrogen and oxygen atoms in total. The quantitative estimate of drug-likeness (QED) is 0.784. The maximum Gasteiger partial charge on any atom is 0.254 e. The van der Waals surface area contributed by atoms with Gasteiger partial charge in [-0.05, 0) is 44.9 Å². The minimum absolute atomic E-state index is 0. The van der Waals surface area contributed by atoms with E-state index in [1.165, 1.54) is 0 Å². The molecule has 1 fully saturated rings. The molecule has 1 aliphatic rings. The van der Waals surface area contributed by atoms with Gasteiger partial charge in [0.2, 0.25) is 0 Å². The summed E-state index contributed by atoms with van der Waals surface area (Å²) in [6.45, 7) is 5.08. The highest BCUT2D eigenvalue weighted by Crippen LogP contribution is 2.29. The highest BCUT2D eigenvalue weighted by molar-refractivity contribution is 5.95. The zero-order chi connectivity index (χ0) is 11.8. The van der Waals surface area contributed by atoms with Crippen molar-refractivity contribution >= 4 is 24.0 Å². The molecule has 1 aliphatic heterocycles. The van der Waals surface area contributed by atoms with Crippen molar-refractivity contribution < 1.29 is 4.79 Å². The molecule has 1 amide bonds. The summed E-state index contributed by atoms with van der Waals surface area (Å²) in [6.07, 6.45) is 2.15. The smallest absolute Gasteiger partial charge is 0.254 e. The summed E-state index contributed by atoms with van der Waals surface area (Å²) in [5.74, 6) is 0.0924. The first kappa shape index (κ1) is 13.8. The third kappa shape index (κ3) is 2.72. The number of carbonyl (C=O) groups excluding carboxylic acids is 1. The summed E-state index contributed by atoms with van der Waals surface area (Å²) in [4.78, 5) is 14.2. The van der Waals surface area contributed by atoms with Crippen molar-refractivity contribution in [2.75, 3.05) is 12.3 Å². The molecule has 2 N–H and O–H groups in total. The second kappa shape index (κ2) is 4.96. The molecular weight excluding hydrogens is 236 g/mol. The number of nitrogen functional groups attached to an aromatic ring is 1. The molecule has 0 aromatic heterocycles. The monoisotopic (exact) mass is 254 g/mol. The van der Waals surface area contributed by atoms with Gasteiger partial charge in [0.05, 0.1) is 0 Å². The van der Waals surface area contributed by atoms with E-state index in [0.29, 0.717) is 11.3 Å². The number of benzene rings is 1.